The van der Waals surface area contributed by atoms with Crippen LogP contribution in [0.25, 0.3) is 0 Å². The third kappa shape index (κ3) is 3.24. The van der Waals surface area contributed by atoms with Gasteiger partial charge < -0.3 is 10.4 Å². The molecule has 0 amide bonds. The first kappa shape index (κ1) is 11.4. The van der Waals surface area contributed by atoms with Gasteiger partial charge in [0, 0.05) is 11.8 Å². The molecule has 0 bridgehead atoms. The molecule has 1 atom stereocenters. The molecule has 0 aromatic carbocycles. The summed E-state index contributed by atoms with van der Waals surface area (Å²) in [6.45, 7) is 0.0811. The van der Waals surface area contributed by atoms with Gasteiger partial charge in [0.15, 0.2) is 5.37 Å². The van der Waals surface area contributed by atoms with E-state index in [0.717, 1.165) is 0 Å². The molecule has 0 radical (unpaired) electrons. The molecule has 0 saturated heterocycles. The maximum atomic E-state index is 10.6. The first-order valence-electron chi connectivity index (χ1n) is 3.92. The van der Waals surface area contributed by atoms with Gasteiger partial charge in [0.1, 0.15) is 0 Å². The van der Waals surface area contributed by atoms with Crippen molar-refractivity contribution in [1.82, 2.24) is 5.32 Å². The molecular weight excluding hydrogens is 224 g/mol. The van der Waals surface area contributed by atoms with Crippen molar-refractivity contribution in [3.8, 4) is 0 Å². The van der Waals surface area contributed by atoms with Crippen LogP contribution in [-0.2, 0) is 0 Å². The Balaban J connectivity index is 2.47. The van der Waals surface area contributed by atoms with Crippen LogP contribution in [0.2, 0.25) is 0 Å². The van der Waals surface area contributed by atoms with Gasteiger partial charge >= 0.3 is 0 Å². The zero-order valence-electron chi connectivity index (χ0n) is 7.25. The predicted octanol–water partition coefficient (Wildman–Crippen LogP) is 0.964. The first-order chi connectivity index (χ1) is 6.75. The minimum absolute atomic E-state index is 0.0811. The second-order valence-corrected chi connectivity index (χ2v) is 4.99. The van der Waals surface area contributed by atoms with Crippen LogP contribution in [0.5, 0.6) is 0 Å². The van der Waals surface area contributed by atoms with Crippen molar-refractivity contribution in [2.45, 2.75) is 5.37 Å². The fourth-order valence-corrected chi connectivity index (χ4v) is 2.94. The summed E-state index contributed by atoms with van der Waals surface area (Å²) in [6, 6.07) is 0. The Morgan fingerprint density at radius 1 is 1.71 bits per heavy atom. The molecule has 1 unspecified atom stereocenters. The lowest BCUT2D eigenvalue weighted by Crippen LogP contribution is -2.28. The van der Waals surface area contributed by atoms with Gasteiger partial charge in [-0.1, -0.05) is 21.6 Å². The Labute approximate surface area is 89.2 Å². The van der Waals surface area contributed by atoms with Gasteiger partial charge in [0.2, 0.25) is 0 Å². The molecule has 5 nitrogen and oxygen atoms in total. The highest BCUT2D eigenvalue weighted by Gasteiger charge is 2.25. The summed E-state index contributed by atoms with van der Waals surface area (Å²) < 4.78 is 0. The summed E-state index contributed by atoms with van der Waals surface area (Å²) in [6.07, 6.45) is 4.75. The van der Waals surface area contributed by atoms with Crippen LogP contribution >= 0.6 is 21.6 Å². The van der Waals surface area contributed by atoms with Gasteiger partial charge in [-0.05, 0) is 12.3 Å². The number of hydrogen-bond acceptors (Lipinski definition) is 6. The standard InChI is InChI=1S/C7H10N2O3S2/c10-4-5-13-14-7-6(9(11)12)2-1-3-8-7/h1-3,7-8,10H,4-5H2. The van der Waals surface area contributed by atoms with Crippen molar-refractivity contribution < 1.29 is 10.0 Å². The van der Waals surface area contributed by atoms with E-state index < -0.39 is 4.92 Å². The van der Waals surface area contributed by atoms with Crippen molar-refractivity contribution >= 4 is 21.6 Å². The molecule has 0 aliphatic carbocycles. The van der Waals surface area contributed by atoms with E-state index >= 15 is 0 Å². The monoisotopic (exact) mass is 234 g/mol. The smallest absolute Gasteiger partial charge is 0.279 e. The number of allylic oxidation sites excluding steroid dienone is 2. The highest BCUT2D eigenvalue weighted by Crippen LogP contribution is 2.30. The van der Waals surface area contributed by atoms with Gasteiger partial charge in [0.25, 0.3) is 5.70 Å². The zero-order chi connectivity index (χ0) is 10.4. The molecule has 1 rings (SSSR count). The van der Waals surface area contributed by atoms with E-state index in [1.165, 1.54) is 27.7 Å². The van der Waals surface area contributed by atoms with Gasteiger partial charge in [-0.25, -0.2) is 0 Å². The second-order valence-electron chi connectivity index (χ2n) is 2.40. The lowest BCUT2D eigenvalue weighted by atomic mass is 10.3. The Kier molecular flexibility index (Phi) is 4.85. The Morgan fingerprint density at radius 2 is 2.50 bits per heavy atom. The number of aliphatic hydroxyl groups excluding tert-OH is 1. The Hall–Kier alpha value is -0.660. The van der Waals surface area contributed by atoms with Gasteiger partial charge in [-0.2, -0.15) is 0 Å². The van der Waals surface area contributed by atoms with E-state index in [1.807, 2.05) is 0 Å². The number of hydrogen-bond donors (Lipinski definition) is 2. The molecule has 0 fully saturated rings. The maximum absolute atomic E-state index is 10.6. The normalized spacial score (nSPS) is 20.1. The Morgan fingerprint density at radius 3 is 3.14 bits per heavy atom. The first-order valence-corrected chi connectivity index (χ1v) is 6.30. The van der Waals surface area contributed by atoms with Crippen LogP contribution in [0.15, 0.2) is 24.0 Å². The Bertz CT molecular complexity index is 268. The third-order valence-electron chi connectivity index (χ3n) is 1.43. The van der Waals surface area contributed by atoms with Crippen LogP contribution in [-0.4, -0.2) is 27.8 Å². The van der Waals surface area contributed by atoms with Gasteiger partial charge in [0.05, 0.1) is 11.5 Å². The zero-order valence-corrected chi connectivity index (χ0v) is 8.88. The molecule has 1 heterocycles. The van der Waals surface area contributed by atoms with Gasteiger partial charge in [-0.3, -0.25) is 10.1 Å². The molecule has 1 aliphatic rings. The summed E-state index contributed by atoms with van der Waals surface area (Å²) in [4.78, 5) is 10.2. The molecule has 2 N–H and O–H groups in total. The number of nitrogens with one attached hydrogen (secondary N) is 1. The van der Waals surface area contributed by atoms with Crippen molar-refractivity contribution in [1.29, 1.82) is 0 Å². The minimum atomic E-state index is -0.395. The lowest BCUT2D eigenvalue weighted by molar-refractivity contribution is -0.427. The van der Waals surface area contributed by atoms with Crippen LogP contribution in [0.1, 0.15) is 0 Å². The average Bonchev–Trinajstić information content (AvgIpc) is 2.19. The maximum Gasteiger partial charge on any atom is 0.279 e. The second kappa shape index (κ2) is 5.94. The van der Waals surface area contributed by atoms with E-state index in [9.17, 15) is 10.1 Å². The minimum Gasteiger partial charge on any atom is -0.395 e. The highest BCUT2D eigenvalue weighted by atomic mass is 33.1. The molecular formula is C7H10N2O3S2. The van der Waals surface area contributed by atoms with Crippen LogP contribution in [0, 0.1) is 10.1 Å². The molecule has 14 heavy (non-hydrogen) atoms. The van der Waals surface area contributed by atoms with E-state index in [-0.39, 0.29) is 17.7 Å². The number of dihydropyridines is 1. The summed E-state index contributed by atoms with van der Waals surface area (Å²) >= 11 is 0. The fourth-order valence-electron chi connectivity index (χ4n) is 0.850. The number of aliphatic hydroxyl groups is 1. The van der Waals surface area contributed by atoms with E-state index in [0.29, 0.717) is 5.75 Å². The van der Waals surface area contributed by atoms with Crippen LogP contribution < -0.4 is 5.32 Å². The number of nitro groups is 1. The molecule has 0 saturated carbocycles. The SMILES string of the molecule is O=[N+]([O-])C1=CC=CNC1SSCCO. The van der Waals surface area contributed by atoms with E-state index in [4.69, 9.17) is 5.11 Å². The molecule has 7 heteroatoms. The van der Waals surface area contributed by atoms with Crippen LogP contribution in [0.4, 0.5) is 0 Å². The summed E-state index contributed by atoms with van der Waals surface area (Å²) in [5.74, 6) is 0.567. The summed E-state index contributed by atoms with van der Waals surface area (Å²) in [7, 11) is 2.75. The van der Waals surface area contributed by atoms with Crippen LogP contribution in [0.3, 0.4) is 0 Å². The van der Waals surface area contributed by atoms with Crippen molar-refractivity contribution in [3.05, 3.63) is 34.2 Å². The molecule has 0 aromatic heterocycles. The predicted molar refractivity (Wildman–Crippen MR) is 58.3 cm³/mol. The van der Waals surface area contributed by atoms with Gasteiger partial charge in [-0.15, -0.1) is 0 Å². The summed E-state index contributed by atoms with van der Waals surface area (Å²) in [5.41, 5.74) is 0.142. The average molecular weight is 234 g/mol. The molecule has 78 valence electrons. The third-order valence-corrected chi connectivity index (χ3v) is 3.97. The summed E-state index contributed by atoms with van der Waals surface area (Å²) in [5, 5.41) is 21.7. The quantitative estimate of drug-likeness (QED) is 0.319. The number of rotatable bonds is 5. The lowest BCUT2D eigenvalue weighted by Gasteiger charge is -2.15. The van der Waals surface area contributed by atoms with E-state index in [1.54, 1.807) is 12.3 Å². The fraction of sp³-hybridized carbons (Fsp3) is 0.429. The topological polar surface area (TPSA) is 75.4 Å². The van der Waals surface area contributed by atoms with Crippen molar-refractivity contribution in [2.75, 3.05) is 12.4 Å². The van der Waals surface area contributed by atoms with Crippen molar-refractivity contribution in [3.63, 3.8) is 0 Å². The van der Waals surface area contributed by atoms with Crippen molar-refractivity contribution in [2.24, 2.45) is 0 Å². The number of nitrogens with zero attached hydrogens (tertiary/aromatic N) is 1. The van der Waals surface area contributed by atoms with E-state index in [2.05, 4.69) is 5.32 Å². The molecule has 0 aromatic rings. The largest absolute Gasteiger partial charge is 0.395 e. The molecule has 1 aliphatic heterocycles. The molecule has 0 spiro atoms. The highest BCUT2D eigenvalue weighted by molar-refractivity contribution is 8.77.